The smallest absolute Gasteiger partial charge is 0.226 e. The van der Waals surface area contributed by atoms with Gasteiger partial charge in [-0.1, -0.05) is 40.5 Å². The van der Waals surface area contributed by atoms with Gasteiger partial charge in [-0.3, -0.25) is 4.79 Å². The maximum atomic E-state index is 12.6. The van der Waals surface area contributed by atoms with Gasteiger partial charge in [-0.2, -0.15) is 0 Å². The van der Waals surface area contributed by atoms with Crippen molar-refractivity contribution in [1.82, 2.24) is 10.2 Å². The molecule has 0 heterocycles. The van der Waals surface area contributed by atoms with E-state index in [1.165, 1.54) is 25.7 Å². The van der Waals surface area contributed by atoms with E-state index in [1.807, 2.05) is 0 Å². The molecule has 3 heteroatoms. The van der Waals surface area contributed by atoms with Crippen LogP contribution in [0.4, 0.5) is 0 Å². The number of nitrogens with zero attached hydrogens (tertiary/aromatic N) is 1. The van der Waals surface area contributed by atoms with Crippen molar-refractivity contribution in [2.45, 2.75) is 65.8 Å². The summed E-state index contributed by atoms with van der Waals surface area (Å²) in [6.07, 6.45) is 6.11. The van der Waals surface area contributed by atoms with Gasteiger partial charge in [-0.25, -0.2) is 0 Å². The molecule has 0 bridgehead atoms. The lowest BCUT2D eigenvalue weighted by Gasteiger charge is -2.32. The standard InChI is InChI=1S/C16H32N2O/c1-5-17-12-14(4)16(19)18(11-10-13(2)3)15-8-6-7-9-15/h13-15,17H,5-12H2,1-4H3. The first kappa shape index (κ1) is 16.5. The maximum absolute atomic E-state index is 12.6. The fourth-order valence-corrected chi connectivity index (χ4v) is 2.82. The first-order valence-electron chi connectivity index (χ1n) is 8.07. The zero-order valence-electron chi connectivity index (χ0n) is 13.2. The molecule has 1 atom stereocenters. The molecule has 112 valence electrons. The highest BCUT2D eigenvalue weighted by atomic mass is 16.2. The van der Waals surface area contributed by atoms with Gasteiger partial charge in [-0.05, 0) is 31.7 Å². The number of amides is 1. The van der Waals surface area contributed by atoms with Crippen molar-refractivity contribution in [2.75, 3.05) is 19.6 Å². The minimum Gasteiger partial charge on any atom is -0.339 e. The van der Waals surface area contributed by atoms with Crippen LogP contribution >= 0.6 is 0 Å². The number of hydrogen-bond donors (Lipinski definition) is 1. The van der Waals surface area contributed by atoms with Crippen molar-refractivity contribution < 1.29 is 4.79 Å². The van der Waals surface area contributed by atoms with E-state index in [1.54, 1.807) is 0 Å². The molecule has 1 amide bonds. The third-order valence-corrected chi connectivity index (χ3v) is 4.12. The third-order valence-electron chi connectivity index (χ3n) is 4.12. The molecule has 0 aromatic heterocycles. The molecule has 0 spiro atoms. The van der Waals surface area contributed by atoms with Crippen LogP contribution in [-0.4, -0.2) is 36.5 Å². The monoisotopic (exact) mass is 268 g/mol. The van der Waals surface area contributed by atoms with Gasteiger partial charge in [0.1, 0.15) is 0 Å². The second-order valence-electron chi connectivity index (χ2n) is 6.36. The zero-order valence-corrected chi connectivity index (χ0v) is 13.2. The van der Waals surface area contributed by atoms with Crippen LogP contribution in [-0.2, 0) is 4.79 Å². The average Bonchev–Trinajstić information content (AvgIpc) is 2.89. The predicted molar refractivity (Wildman–Crippen MR) is 81.1 cm³/mol. The summed E-state index contributed by atoms with van der Waals surface area (Å²) in [4.78, 5) is 14.8. The second-order valence-corrected chi connectivity index (χ2v) is 6.36. The Morgan fingerprint density at radius 3 is 2.42 bits per heavy atom. The highest BCUT2D eigenvalue weighted by Crippen LogP contribution is 2.25. The van der Waals surface area contributed by atoms with E-state index >= 15 is 0 Å². The van der Waals surface area contributed by atoms with Crippen LogP contribution in [0.2, 0.25) is 0 Å². The van der Waals surface area contributed by atoms with Crippen molar-refractivity contribution >= 4 is 5.91 Å². The van der Waals surface area contributed by atoms with E-state index in [0.717, 1.165) is 26.1 Å². The van der Waals surface area contributed by atoms with Crippen LogP contribution in [0.5, 0.6) is 0 Å². The quantitative estimate of drug-likeness (QED) is 0.734. The Morgan fingerprint density at radius 2 is 1.89 bits per heavy atom. The van der Waals surface area contributed by atoms with Crippen LogP contribution in [0.3, 0.4) is 0 Å². The van der Waals surface area contributed by atoms with Gasteiger partial charge in [0.25, 0.3) is 0 Å². The molecule has 1 fully saturated rings. The first-order chi connectivity index (χ1) is 9.06. The van der Waals surface area contributed by atoms with Crippen molar-refractivity contribution in [1.29, 1.82) is 0 Å². The molecule has 0 aliphatic heterocycles. The van der Waals surface area contributed by atoms with Crippen LogP contribution in [0.25, 0.3) is 0 Å². The van der Waals surface area contributed by atoms with Gasteiger partial charge in [0.2, 0.25) is 5.91 Å². The molecule has 1 unspecified atom stereocenters. The molecular weight excluding hydrogens is 236 g/mol. The van der Waals surface area contributed by atoms with Gasteiger partial charge in [0.15, 0.2) is 0 Å². The molecule has 1 aliphatic rings. The lowest BCUT2D eigenvalue weighted by molar-refractivity contribution is -0.137. The Morgan fingerprint density at radius 1 is 1.26 bits per heavy atom. The van der Waals surface area contributed by atoms with Crippen molar-refractivity contribution in [3.8, 4) is 0 Å². The summed E-state index contributed by atoms with van der Waals surface area (Å²) in [6.45, 7) is 11.3. The van der Waals surface area contributed by atoms with Gasteiger partial charge >= 0.3 is 0 Å². The zero-order chi connectivity index (χ0) is 14.3. The Bertz CT molecular complexity index is 259. The minimum absolute atomic E-state index is 0.104. The number of carbonyl (C=O) groups is 1. The number of nitrogens with one attached hydrogen (secondary N) is 1. The van der Waals surface area contributed by atoms with Crippen molar-refractivity contribution in [3.63, 3.8) is 0 Å². The van der Waals surface area contributed by atoms with Gasteiger partial charge in [0, 0.05) is 25.0 Å². The van der Waals surface area contributed by atoms with Gasteiger partial charge < -0.3 is 10.2 Å². The average molecular weight is 268 g/mol. The summed E-state index contributed by atoms with van der Waals surface area (Å²) in [6, 6.07) is 0.510. The summed E-state index contributed by atoms with van der Waals surface area (Å²) in [5.41, 5.74) is 0. The topological polar surface area (TPSA) is 32.3 Å². The summed E-state index contributed by atoms with van der Waals surface area (Å²) in [5.74, 6) is 1.13. The van der Waals surface area contributed by atoms with E-state index in [9.17, 15) is 4.79 Å². The predicted octanol–water partition coefficient (Wildman–Crippen LogP) is 3.05. The molecule has 0 aromatic rings. The summed E-state index contributed by atoms with van der Waals surface area (Å²) < 4.78 is 0. The van der Waals surface area contributed by atoms with E-state index < -0.39 is 0 Å². The maximum Gasteiger partial charge on any atom is 0.226 e. The number of carbonyl (C=O) groups excluding carboxylic acids is 1. The second kappa shape index (κ2) is 8.57. The molecular formula is C16H32N2O. The Kier molecular flexibility index (Phi) is 7.44. The molecule has 0 saturated heterocycles. The fourth-order valence-electron chi connectivity index (χ4n) is 2.82. The summed E-state index contributed by atoms with van der Waals surface area (Å²) in [5, 5.41) is 3.29. The number of hydrogen-bond acceptors (Lipinski definition) is 2. The van der Waals surface area contributed by atoms with Crippen molar-refractivity contribution in [2.24, 2.45) is 11.8 Å². The van der Waals surface area contributed by atoms with E-state index in [4.69, 9.17) is 0 Å². The van der Waals surface area contributed by atoms with E-state index in [0.29, 0.717) is 17.9 Å². The Labute approximate surface area is 119 Å². The molecule has 1 rings (SSSR count). The fraction of sp³-hybridized carbons (Fsp3) is 0.938. The number of rotatable bonds is 8. The third kappa shape index (κ3) is 5.52. The largest absolute Gasteiger partial charge is 0.339 e. The minimum atomic E-state index is 0.104. The lowest BCUT2D eigenvalue weighted by atomic mass is 10.0. The van der Waals surface area contributed by atoms with Gasteiger partial charge in [0.05, 0.1) is 0 Å². The van der Waals surface area contributed by atoms with Crippen LogP contribution in [0.15, 0.2) is 0 Å². The van der Waals surface area contributed by atoms with E-state index in [-0.39, 0.29) is 5.92 Å². The molecule has 1 saturated carbocycles. The van der Waals surface area contributed by atoms with Crippen LogP contribution in [0, 0.1) is 11.8 Å². The lowest BCUT2D eigenvalue weighted by Crippen LogP contribution is -2.45. The van der Waals surface area contributed by atoms with E-state index in [2.05, 4.69) is 37.9 Å². The van der Waals surface area contributed by atoms with Crippen LogP contribution < -0.4 is 5.32 Å². The Balaban J connectivity index is 2.57. The Hall–Kier alpha value is -0.570. The molecule has 1 N–H and O–H groups in total. The highest BCUT2D eigenvalue weighted by molar-refractivity contribution is 5.79. The molecule has 3 nitrogen and oxygen atoms in total. The summed E-state index contributed by atoms with van der Waals surface area (Å²) >= 11 is 0. The SMILES string of the molecule is CCNCC(C)C(=O)N(CCC(C)C)C1CCCC1. The molecule has 1 aliphatic carbocycles. The normalized spacial score (nSPS) is 17.9. The highest BCUT2D eigenvalue weighted by Gasteiger charge is 2.29. The van der Waals surface area contributed by atoms with Crippen molar-refractivity contribution in [3.05, 3.63) is 0 Å². The summed E-state index contributed by atoms with van der Waals surface area (Å²) in [7, 11) is 0. The van der Waals surface area contributed by atoms with Crippen LogP contribution in [0.1, 0.15) is 59.8 Å². The molecule has 0 radical (unpaired) electrons. The van der Waals surface area contributed by atoms with Gasteiger partial charge in [-0.15, -0.1) is 0 Å². The molecule has 19 heavy (non-hydrogen) atoms. The molecule has 0 aromatic carbocycles. The first-order valence-corrected chi connectivity index (χ1v) is 8.07.